The van der Waals surface area contributed by atoms with Gasteiger partial charge in [-0.2, -0.15) is 0 Å². The first-order valence-corrected chi connectivity index (χ1v) is 4.07. The molecule has 0 aliphatic rings. The van der Waals surface area contributed by atoms with E-state index in [1.807, 2.05) is 0 Å². The minimum Gasteiger partial charge on any atom is -0.480 e. The highest BCUT2D eigenvalue weighted by Crippen LogP contribution is 2.34. The maximum absolute atomic E-state index is 9.96. The van der Waals surface area contributed by atoms with Crippen molar-refractivity contribution in [1.82, 2.24) is 5.32 Å². The van der Waals surface area contributed by atoms with Gasteiger partial charge in [0.1, 0.15) is 6.73 Å². The van der Waals surface area contributed by atoms with Gasteiger partial charge in [0.2, 0.25) is 0 Å². The van der Waals surface area contributed by atoms with Gasteiger partial charge in [0, 0.05) is 0 Å². The molecular formula is C3H8NO6P. The molecule has 0 atom stereocenters. The molecule has 0 bridgehead atoms. The lowest BCUT2D eigenvalue weighted by Crippen LogP contribution is -2.24. The minimum absolute atomic E-state index is 0.403. The van der Waals surface area contributed by atoms with Crippen LogP contribution in [0.4, 0.5) is 0 Å². The van der Waals surface area contributed by atoms with Crippen LogP contribution in [-0.2, 0) is 13.9 Å². The van der Waals surface area contributed by atoms with Gasteiger partial charge in [-0.1, -0.05) is 0 Å². The number of carboxylic acid groups (broad SMARTS) is 1. The van der Waals surface area contributed by atoms with E-state index in [0.29, 0.717) is 0 Å². The molecule has 8 heteroatoms. The summed E-state index contributed by atoms with van der Waals surface area (Å²) in [7, 11) is -4.48. The molecule has 0 unspecified atom stereocenters. The molecule has 0 saturated carbocycles. The third-order valence-corrected chi connectivity index (χ3v) is 1.08. The van der Waals surface area contributed by atoms with E-state index in [-0.39, 0.29) is 0 Å². The number of carboxylic acids is 1. The average molecular weight is 185 g/mol. The Hall–Kier alpha value is -0.460. The number of rotatable bonds is 5. The van der Waals surface area contributed by atoms with Crippen molar-refractivity contribution in [2.75, 3.05) is 13.3 Å². The van der Waals surface area contributed by atoms with Crippen molar-refractivity contribution < 1.29 is 28.8 Å². The topological polar surface area (TPSA) is 116 Å². The zero-order valence-electron chi connectivity index (χ0n) is 5.43. The fourth-order valence-corrected chi connectivity index (χ4v) is 0.547. The fraction of sp³-hybridized carbons (Fsp3) is 0.667. The summed E-state index contributed by atoms with van der Waals surface area (Å²) in [5, 5.41) is 10.2. The van der Waals surface area contributed by atoms with Crippen molar-refractivity contribution in [2.24, 2.45) is 0 Å². The monoisotopic (exact) mass is 185 g/mol. The van der Waals surface area contributed by atoms with Gasteiger partial charge in [-0.15, -0.1) is 0 Å². The van der Waals surface area contributed by atoms with E-state index in [9.17, 15) is 9.36 Å². The number of hydrogen-bond acceptors (Lipinski definition) is 4. The Balaban J connectivity index is 3.29. The molecule has 0 fully saturated rings. The molecule has 0 amide bonds. The van der Waals surface area contributed by atoms with Crippen molar-refractivity contribution in [2.45, 2.75) is 0 Å². The van der Waals surface area contributed by atoms with E-state index < -0.39 is 27.1 Å². The van der Waals surface area contributed by atoms with Crippen molar-refractivity contribution in [3.05, 3.63) is 0 Å². The van der Waals surface area contributed by atoms with Crippen LogP contribution in [0.25, 0.3) is 0 Å². The normalized spacial score (nSPS) is 11.5. The van der Waals surface area contributed by atoms with Crippen LogP contribution >= 0.6 is 7.82 Å². The highest BCUT2D eigenvalue weighted by molar-refractivity contribution is 7.46. The lowest BCUT2D eigenvalue weighted by atomic mass is 10.7. The molecular weight excluding hydrogens is 177 g/mol. The first-order chi connectivity index (χ1) is 4.92. The molecule has 0 spiro atoms. The zero-order valence-corrected chi connectivity index (χ0v) is 6.32. The van der Waals surface area contributed by atoms with Gasteiger partial charge in [-0.25, -0.2) is 4.57 Å². The second-order valence-corrected chi connectivity index (χ2v) is 2.82. The van der Waals surface area contributed by atoms with E-state index in [2.05, 4.69) is 9.84 Å². The smallest absolute Gasteiger partial charge is 0.470 e. The summed E-state index contributed by atoms with van der Waals surface area (Å²) in [6.45, 7) is -0.892. The van der Waals surface area contributed by atoms with E-state index in [0.717, 1.165) is 0 Å². The molecule has 0 aromatic rings. The first-order valence-electron chi connectivity index (χ1n) is 2.54. The van der Waals surface area contributed by atoms with E-state index >= 15 is 0 Å². The van der Waals surface area contributed by atoms with Crippen LogP contribution in [0, 0.1) is 0 Å². The molecule has 0 aliphatic carbocycles. The van der Waals surface area contributed by atoms with Gasteiger partial charge in [-0.05, 0) is 0 Å². The lowest BCUT2D eigenvalue weighted by Gasteiger charge is -2.03. The van der Waals surface area contributed by atoms with Crippen LogP contribution in [0.1, 0.15) is 0 Å². The Morgan fingerprint density at radius 2 is 2.09 bits per heavy atom. The highest BCUT2D eigenvalue weighted by atomic mass is 31.2. The van der Waals surface area contributed by atoms with Gasteiger partial charge in [0.25, 0.3) is 0 Å². The fourth-order valence-electron chi connectivity index (χ4n) is 0.288. The maximum atomic E-state index is 9.96. The van der Waals surface area contributed by atoms with Crippen LogP contribution in [0.2, 0.25) is 0 Å². The molecule has 0 heterocycles. The van der Waals surface area contributed by atoms with Crippen LogP contribution in [-0.4, -0.2) is 34.1 Å². The quantitative estimate of drug-likeness (QED) is 0.239. The summed E-state index contributed by atoms with van der Waals surface area (Å²) in [4.78, 5) is 26.0. The SMILES string of the molecule is O=C(O)CNCOP(=O)(O)O. The molecule has 0 rings (SSSR count). The van der Waals surface area contributed by atoms with Crippen LogP contribution < -0.4 is 5.32 Å². The maximum Gasteiger partial charge on any atom is 0.470 e. The second kappa shape index (κ2) is 4.42. The van der Waals surface area contributed by atoms with Crippen molar-refractivity contribution in [1.29, 1.82) is 0 Å². The van der Waals surface area contributed by atoms with Crippen LogP contribution in [0.5, 0.6) is 0 Å². The Morgan fingerprint density at radius 3 is 2.45 bits per heavy atom. The van der Waals surface area contributed by atoms with Gasteiger partial charge in [-0.3, -0.25) is 14.6 Å². The number of carbonyl (C=O) groups is 1. The van der Waals surface area contributed by atoms with Gasteiger partial charge >= 0.3 is 13.8 Å². The van der Waals surface area contributed by atoms with Crippen LogP contribution in [0.3, 0.4) is 0 Å². The van der Waals surface area contributed by atoms with Crippen LogP contribution in [0.15, 0.2) is 0 Å². The van der Waals surface area contributed by atoms with E-state index in [4.69, 9.17) is 14.9 Å². The summed E-state index contributed by atoms with van der Waals surface area (Å²) in [6, 6.07) is 0. The number of nitrogens with one attached hydrogen (secondary N) is 1. The summed E-state index contributed by atoms with van der Waals surface area (Å²) >= 11 is 0. The summed E-state index contributed by atoms with van der Waals surface area (Å²) in [6.07, 6.45) is 0. The molecule has 66 valence electrons. The van der Waals surface area contributed by atoms with Crippen molar-refractivity contribution in [3.63, 3.8) is 0 Å². The predicted octanol–water partition coefficient (Wildman–Crippen LogP) is -1.27. The molecule has 0 radical (unpaired) electrons. The third-order valence-electron chi connectivity index (χ3n) is 0.611. The Bertz CT molecular complexity index is 175. The zero-order chi connectivity index (χ0) is 8.91. The molecule has 7 nitrogen and oxygen atoms in total. The second-order valence-electron chi connectivity index (χ2n) is 1.58. The molecule has 0 aromatic heterocycles. The largest absolute Gasteiger partial charge is 0.480 e. The summed E-state index contributed by atoms with van der Waals surface area (Å²) in [5.74, 6) is -1.13. The molecule has 0 saturated heterocycles. The van der Waals surface area contributed by atoms with Gasteiger partial charge in [0.05, 0.1) is 6.54 Å². The Labute approximate surface area is 62.2 Å². The number of phosphoric acid groups is 1. The number of phosphoric ester groups is 1. The first kappa shape index (κ1) is 10.5. The van der Waals surface area contributed by atoms with Gasteiger partial charge in [0.15, 0.2) is 0 Å². The third kappa shape index (κ3) is 9.54. The minimum atomic E-state index is -4.48. The molecule has 0 aromatic carbocycles. The van der Waals surface area contributed by atoms with Gasteiger partial charge < -0.3 is 14.9 Å². The number of hydrogen-bond donors (Lipinski definition) is 4. The summed E-state index contributed by atoms with van der Waals surface area (Å²) in [5.41, 5.74) is 0. The average Bonchev–Trinajstić information content (AvgIpc) is 1.78. The van der Waals surface area contributed by atoms with Crippen molar-refractivity contribution in [3.8, 4) is 0 Å². The lowest BCUT2D eigenvalue weighted by molar-refractivity contribution is -0.136. The Morgan fingerprint density at radius 1 is 1.55 bits per heavy atom. The number of aliphatic carboxylic acids is 1. The summed E-state index contributed by atoms with van der Waals surface area (Å²) < 4.78 is 13.8. The predicted molar refractivity (Wildman–Crippen MR) is 33.6 cm³/mol. The highest BCUT2D eigenvalue weighted by Gasteiger charge is 2.12. The standard InChI is InChI=1S/C3H8NO6P/c5-3(6)1-4-2-10-11(7,8)9/h4H,1-2H2,(H,5,6)(H2,7,8,9). The van der Waals surface area contributed by atoms with E-state index in [1.54, 1.807) is 0 Å². The molecule has 11 heavy (non-hydrogen) atoms. The molecule has 4 N–H and O–H groups in total. The molecule has 0 aliphatic heterocycles. The van der Waals surface area contributed by atoms with Crippen molar-refractivity contribution >= 4 is 13.8 Å². The Kier molecular flexibility index (Phi) is 4.24. The van der Waals surface area contributed by atoms with E-state index in [1.165, 1.54) is 0 Å².